The Balaban J connectivity index is 1.50. The number of fused-ring (bicyclic) bond motifs is 9. The summed E-state index contributed by atoms with van der Waals surface area (Å²) in [5, 5.41) is 137. The molecular formula is C54H55N3O12. The number of nitrogens with zero attached hydrogens (tertiary/aromatic N) is 3. The molecule has 0 aliphatic rings. The van der Waals surface area contributed by atoms with Gasteiger partial charge in [-0.3, -0.25) is 0 Å². The average molecular weight is 938 g/mol. The molecule has 9 rings (SSSR count). The topological polar surface area (TPSA) is 258 Å². The van der Waals surface area contributed by atoms with Crippen molar-refractivity contribution in [3.63, 3.8) is 0 Å². The highest BCUT2D eigenvalue weighted by molar-refractivity contribution is 6.20. The number of aliphatic hydroxyl groups is 4. The molecule has 0 amide bonds. The Labute approximate surface area is 393 Å². The minimum absolute atomic E-state index is 0.00605. The number of phenolic OH excluding ortho intramolecular Hbond substituents is 8. The molecule has 358 valence electrons. The summed E-state index contributed by atoms with van der Waals surface area (Å²) >= 11 is 0. The number of aliphatic hydroxyl groups excluding tert-OH is 4. The number of phenols is 8. The molecule has 15 nitrogen and oxygen atoms in total. The van der Waals surface area contributed by atoms with Crippen LogP contribution in [0.3, 0.4) is 0 Å². The molecule has 15 heteroatoms. The molecule has 69 heavy (non-hydrogen) atoms. The predicted molar refractivity (Wildman–Crippen MR) is 269 cm³/mol. The van der Waals surface area contributed by atoms with E-state index in [1.807, 2.05) is 43.3 Å². The monoisotopic (exact) mass is 937 g/mol. The highest BCUT2D eigenvalue weighted by Gasteiger charge is 2.31. The molecule has 0 saturated carbocycles. The van der Waals surface area contributed by atoms with Gasteiger partial charge >= 0.3 is 0 Å². The van der Waals surface area contributed by atoms with Crippen molar-refractivity contribution in [3.05, 3.63) is 79.5 Å². The predicted octanol–water partition coefficient (Wildman–Crippen LogP) is 5.26. The minimum atomic E-state index is -1.08. The van der Waals surface area contributed by atoms with Crippen molar-refractivity contribution < 1.29 is 61.3 Å². The van der Waals surface area contributed by atoms with Crippen molar-refractivity contribution in [1.29, 1.82) is 0 Å². The third kappa shape index (κ3) is 6.63. The fourth-order valence-corrected chi connectivity index (χ4v) is 10.6. The van der Waals surface area contributed by atoms with Gasteiger partial charge in [0.25, 0.3) is 0 Å². The molecule has 0 radical (unpaired) electrons. The van der Waals surface area contributed by atoms with E-state index in [4.69, 9.17) is 0 Å². The zero-order valence-corrected chi connectivity index (χ0v) is 39.2. The van der Waals surface area contributed by atoms with Crippen LogP contribution in [0.15, 0.2) is 36.4 Å². The quantitative estimate of drug-likeness (QED) is 0.0828. The lowest BCUT2D eigenvalue weighted by Crippen LogP contribution is -2.28. The van der Waals surface area contributed by atoms with Crippen LogP contribution < -0.4 is 20.9 Å². The molecular weight excluding hydrogens is 883 g/mol. The van der Waals surface area contributed by atoms with Crippen LogP contribution >= 0.6 is 0 Å². The summed E-state index contributed by atoms with van der Waals surface area (Å²) in [4.78, 5) is 0. The number of hydrogen-bond donors (Lipinski definition) is 12. The van der Waals surface area contributed by atoms with Crippen molar-refractivity contribution in [2.24, 2.45) is 0 Å². The van der Waals surface area contributed by atoms with Gasteiger partial charge in [0.05, 0.1) is 68.0 Å². The van der Waals surface area contributed by atoms with E-state index in [9.17, 15) is 61.3 Å². The first kappa shape index (κ1) is 46.5. The van der Waals surface area contributed by atoms with E-state index in [1.165, 1.54) is 26.0 Å². The lowest BCUT2D eigenvalue weighted by atomic mass is 9.96. The highest BCUT2D eigenvalue weighted by atomic mass is 16.3. The highest BCUT2D eigenvalue weighted by Crippen LogP contribution is 2.51. The van der Waals surface area contributed by atoms with Crippen LogP contribution in [0, 0.1) is 13.8 Å². The van der Waals surface area contributed by atoms with E-state index in [1.54, 1.807) is 36.8 Å². The molecule has 0 aliphatic carbocycles. The third-order valence-electron chi connectivity index (χ3n) is 13.6. The molecule has 9 aromatic rings. The molecule has 0 bridgehead atoms. The number of benzene rings is 6. The van der Waals surface area contributed by atoms with Gasteiger partial charge in [0.1, 0.15) is 0 Å². The molecule has 12 N–H and O–H groups in total. The molecule has 4 unspecified atom stereocenters. The van der Waals surface area contributed by atoms with Crippen molar-refractivity contribution in [1.82, 2.24) is 13.7 Å². The number of aromatic nitrogens is 3. The van der Waals surface area contributed by atoms with Crippen LogP contribution in [0.2, 0.25) is 0 Å². The molecule has 0 spiro atoms. The Bertz CT molecular complexity index is 3700. The summed E-state index contributed by atoms with van der Waals surface area (Å²) in [5.41, 5.74) is 5.05. The van der Waals surface area contributed by atoms with Gasteiger partial charge in [-0.05, 0) is 108 Å². The summed E-state index contributed by atoms with van der Waals surface area (Å²) in [5.74, 6) is -4.53. The Morgan fingerprint density at radius 1 is 0.493 bits per heavy atom. The van der Waals surface area contributed by atoms with Crippen LogP contribution in [-0.2, 0) is 19.4 Å². The standard InChI is InChI=1S/C54H55N3O12/c1-10-55-37-13-11-29(56-43-31(15-21(2)58)25(6)47(62)51(66)39(43)40-44(56)32(16-22(3)59)26(7)48(63)52(40)67)19-35(37)36-20-30(12-14-38(36)55)57-45-33(17-23(4)60)27(8)49(64)53(68)41(45)42-46(57)34(18-24(5)61)28(9)50(65)54(42)69/h11-15,17,19-24,58-69H,6,8,10,16,18H2,1-5,7,9H3. The Kier molecular flexibility index (Phi) is 11.0. The van der Waals surface area contributed by atoms with Crippen LogP contribution in [0.5, 0.6) is 46.0 Å². The van der Waals surface area contributed by atoms with Gasteiger partial charge in [-0.15, -0.1) is 0 Å². The summed E-state index contributed by atoms with van der Waals surface area (Å²) < 4.78 is 5.61. The lowest BCUT2D eigenvalue weighted by Gasteiger charge is -2.17. The SMILES string of the molecule is C=c1c(O)c(O)c2c3c(O)c(O)c(C)c(CC(C)O)c3n(-c3ccc4c(c3)c3cc(-n5c6c(CC(C)O)c(C)c(O)c(O)c6c6c(O)c(O)c(=C)c(=CC(C)O)c65)ccc3n4CC)c2c1=CC(C)O. The first-order valence-corrected chi connectivity index (χ1v) is 22.6. The molecule has 6 aromatic carbocycles. The van der Waals surface area contributed by atoms with Gasteiger partial charge in [0, 0.05) is 84.6 Å². The molecule has 3 heterocycles. The van der Waals surface area contributed by atoms with Crippen molar-refractivity contribution >= 4 is 90.7 Å². The van der Waals surface area contributed by atoms with Gasteiger partial charge in [0.15, 0.2) is 46.0 Å². The normalized spacial score (nSPS) is 14.7. The number of hydrogen-bond acceptors (Lipinski definition) is 12. The largest absolute Gasteiger partial charge is 0.504 e. The summed E-state index contributed by atoms with van der Waals surface area (Å²) in [6.07, 6.45) is -1.08. The first-order valence-electron chi connectivity index (χ1n) is 22.6. The zero-order valence-electron chi connectivity index (χ0n) is 39.2. The van der Waals surface area contributed by atoms with Gasteiger partial charge in [-0.25, -0.2) is 0 Å². The van der Waals surface area contributed by atoms with E-state index in [2.05, 4.69) is 17.7 Å². The van der Waals surface area contributed by atoms with E-state index in [0.717, 1.165) is 11.0 Å². The number of aromatic hydroxyl groups is 8. The van der Waals surface area contributed by atoms with Crippen LogP contribution in [-0.4, -0.2) is 99.4 Å². The summed E-state index contributed by atoms with van der Waals surface area (Å²) in [6.45, 7) is 20.0. The average Bonchev–Trinajstić information content (AvgIpc) is 3.95. The zero-order chi connectivity index (χ0) is 50.1. The van der Waals surface area contributed by atoms with Crippen LogP contribution in [0.4, 0.5) is 0 Å². The first-order chi connectivity index (χ1) is 32.5. The third-order valence-corrected chi connectivity index (χ3v) is 13.6. The maximum absolute atomic E-state index is 11.8. The minimum Gasteiger partial charge on any atom is -0.504 e. The smallest absolute Gasteiger partial charge is 0.168 e. The van der Waals surface area contributed by atoms with Gasteiger partial charge in [0.2, 0.25) is 0 Å². The molecule has 3 aromatic heterocycles. The lowest BCUT2D eigenvalue weighted by molar-refractivity contribution is 0.195. The van der Waals surface area contributed by atoms with Crippen molar-refractivity contribution in [2.75, 3.05) is 0 Å². The Hall–Kier alpha value is -7.56. The maximum atomic E-state index is 11.8. The van der Waals surface area contributed by atoms with Gasteiger partial charge in [-0.2, -0.15) is 0 Å². The molecule has 0 saturated heterocycles. The van der Waals surface area contributed by atoms with E-state index in [0.29, 0.717) is 50.9 Å². The fourth-order valence-electron chi connectivity index (χ4n) is 10.6. The maximum Gasteiger partial charge on any atom is 0.168 e. The van der Waals surface area contributed by atoms with Crippen molar-refractivity contribution in [2.45, 2.75) is 92.3 Å². The second-order valence-electron chi connectivity index (χ2n) is 18.4. The van der Waals surface area contributed by atoms with Crippen molar-refractivity contribution in [3.8, 4) is 57.4 Å². The summed E-state index contributed by atoms with van der Waals surface area (Å²) in [6, 6.07) is 11.3. The van der Waals surface area contributed by atoms with Crippen LogP contribution in [0.1, 0.15) is 56.9 Å². The number of aryl methyl sites for hydroxylation is 1. The molecule has 0 fully saturated rings. The van der Waals surface area contributed by atoms with E-state index in [-0.39, 0.29) is 77.4 Å². The van der Waals surface area contributed by atoms with Crippen LogP contribution in [0.25, 0.3) is 102 Å². The second-order valence-corrected chi connectivity index (χ2v) is 18.4. The van der Waals surface area contributed by atoms with E-state index >= 15 is 0 Å². The van der Waals surface area contributed by atoms with Gasteiger partial charge < -0.3 is 75.0 Å². The summed E-state index contributed by atoms with van der Waals surface area (Å²) in [7, 11) is 0. The Morgan fingerprint density at radius 3 is 1.14 bits per heavy atom. The Morgan fingerprint density at radius 2 is 0.826 bits per heavy atom. The molecule has 0 aliphatic heterocycles. The fraction of sp³-hybridized carbons (Fsp3) is 0.259. The molecule has 4 atom stereocenters. The second kappa shape index (κ2) is 16.3. The number of rotatable bonds is 9. The van der Waals surface area contributed by atoms with Gasteiger partial charge in [-0.1, -0.05) is 13.2 Å². The van der Waals surface area contributed by atoms with E-state index < -0.39 is 70.4 Å².